The molecule has 0 aliphatic carbocycles. The normalized spacial score (nSPS) is 15.2. The third kappa shape index (κ3) is 4.47. The van der Waals surface area contributed by atoms with Crippen LogP contribution in [-0.4, -0.2) is 39.2 Å². The van der Waals surface area contributed by atoms with Crippen molar-refractivity contribution in [3.05, 3.63) is 34.6 Å². The minimum Gasteiger partial charge on any atom is -0.342 e. The van der Waals surface area contributed by atoms with E-state index in [0.717, 1.165) is 38.8 Å². The number of carbonyl (C=O) groups excluding carboxylic acids is 1. The van der Waals surface area contributed by atoms with Crippen LogP contribution in [0.2, 0.25) is 0 Å². The molecule has 5 nitrogen and oxygen atoms in total. The van der Waals surface area contributed by atoms with Gasteiger partial charge >= 0.3 is 0 Å². The second-order valence-electron chi connectivity index (χ2n) is 6.81. The molecule has 26 heavy (non-hydrogen) atoms. The van der Waals surface area contributed by atoms with Crippen molar-refractivity contribution in [2.24, 2.45) is 0 Å². The van der Waals surface area contributed by atoms with Crippen molar-refractivity contribution in [3.63, 3.8) is 0 Å². The highest BCUT2D eigenvalue weighted by molar-refractivity contribution is 7.99. The molecule has 1 aromatic carbocycles. The van der Waals surface area contributed by atoms with Crippen molar-refractivity contribution >= 4 is 28.6 Å². The first-order valence-electron chi connectivity index (χ1n) is 9.61. The Bertz CT molecular complexity index is 810. The number of aromatic nitrogens is 2. The van der Waals surface area contributed by atoms with Crippen LogP contribution in [0.3, 0.4) is 0 Å². The minimum atomic E-state index is -0.00577. The zero-order valence-corrected chi connectivity index (χ0v) is 16.3. The summed E-state index contributed by atoms with van der Waals surface area (Å²) in [6.45, 7) is 4.46. The number of nitrogens with zero attached hydrogens (tertiary/aromatic N) is 3. The fourth-order valence-electron chi connectivity index (χ4n) is 3.31. The van der Waals surface area contributed by atoms with E-state index in [1.165, 1.54) is 24.6 Å². The first-order valence-corrected chi connectivity index (χ1v) is 10.6. The number of amides is 1. The topological polar surface area (TPSA) is 55.2 Å². The summed E-state index contributed by atoms with van der Waals surface area (Å²) >= 11 is 1.40. The Hall–Kier alpha value is -1.82. The molecule has 1 fully saturated rings. The maximum Gasteiger partial charge on any atom is 0.262 e. The van der Waals surface area contributed by atoms with Crippen molar-refractivity contribution in [1.29, 1.82) is 0 Å². The van der Waals surface area contributed by atoms with Crippen molar-refractivity contribution in [3.8, 4) is 0 Å². The Morgan fingerprint density at radius 2 is 1.88 bits per heavy atom. The van der Waals surface area contributed by atoms with E-state index in [-0.39, 0.29) is 11.5 Å². The molecule has 0 saturated carbocycles. The molecule has 1 aliphatic heterocycles. The molecule has 0 radical (unpaired) electrons. The molecule has 0 atom stereocenters. The predicted octanol–water partition coefficient (Wildman–Crippen LogP) is 3.69. The minimum absolute atomic E-state index is 0.00577. The highest BCUT2D eigenvalue weighted by Crippen LogP contribution is 2.20. The van der Waals surface area contributed by atoms with Crippen LogP contribution < -0.4 is 5.56 Å². The molecular weight excluding hydrogens is 346 g/mol. The molecule has 1 amide bonds. The molecule has 2 heterocycles. The van der Waals surface area contributed by atoms with Crippen LogP contribution in [0, 0.1) is 0 Å². The number of para-hydroxylation sites is 1. The number of benzene rings is 1. The van der Waals surface area contributed by atoms with Crippen LogP contribution >= 0.6 is 11.8 Å². The van der Waals surface area contributed by atoms with Crippen molar-refractivity contribution < 1.29 is 4.79 Å². The SMILES string of the molecule is CCCCn1c(SCC(=O)N2CCCCCC2)nc2ccccc2c1=O. The summed E-state index contributed by atoms with van der Waals surface area (Å²) in [4.78, 5) is 32.1. The number of fused-ring (bicyclic) bond motifs is 1. The van der Waals surface area contributed by atoms with E-state index in [2.05, 4.69) is 11.9 Å². The smallest absolute Gasteiger partial charge is 0.262 e. The molecule has 0 spiro atoms. The number of unbranched alkanes of at least 4 members (excludes halogenated alkanes) is 1. The second kappa shape index (κ2) is 9.21. The van der Waals surface area contributed by atoms with E-state index in [9.17, 15) is 9.59 Å². The third-order valence-electron chi connectivity index (χ3n) is 4.85. The van der Waals surface area contributed by atoms with Gasteiger partial charge in [-0.3, -0.25) is 14.2 Å². The lowest BCUT2D eigenvalue weighted by Crippen LogP contribution is -2.33. The van der Waals surface area contributed by atoms with Gasteiger partial charge in [0.25, 0.3) is 5.56 Å². The van der Waals surface area contributed by atoms with Gasteiger partial charge in [-0.15, -0.1) is 0 Å². The van der Waals surface area contributed by atoms with Gasteiger partial charge in [-0.2, -0.15) is 0 Å². The molecule has 140 valence electrons. The largest absolute Gasteiger partial charge is 0.342 e. The van der Waals surface area contributed by atoms with E-state index in [1.54, 1.807) is 4.57 Å². The molecule has 0 bridgehead atoms. The molecule has 6 heteroatoms. The van der Waals surface area contributed by atoms with Gasteiger partial charge in [0.1, 0.15) is 0 Å². The summed E-state index contributed by atoms with van der Waals surface area (Å²) < 4.78 is 1.74. The summed E-state index contributed by atoms with van der Waals surface area (Å²) in [6.07, 6.45) is 6.53. The summed E-state index contributed by atoms with van der Waals surface area (Å²) in [6, 6.07) is 7.44. The Kier molecular flexibility index (Phi) is 6.72. The van der Waals surface area contributed by atoms with Gasteiger partial charge in [0.05, 0.1) is 16.7 Å². The maximum atomic E-state index is 12.9. The second-order valence-corrected chi connectivity index (χ2v) is 7.75. The zero-order chi connectivity index (χ0) is 18.4. The van der Waals surface area contributed by atoms with Gasteiger partial charge in [0, 0.05) is 19.6 Å². The molecule has 0 unspecified atom stereocenters. The Labute approximate surface area is 158 Å². The van der Waals surface area contributed by atoms with Gasteiger partial charge in [-0.05, 0) is 31.4 Å². The average Bonchev–Trinajstić information content (AvgIpc) is 2.95. The van der Waals surface area contributed by atoms with E-state index < -0.39 is 0 Å². The predicted molar refractivity (Wildman–Crippen MR) is 107 cm³/mol. The quantitative estimate of drug-likeness (QED) is 0.572. The first kappa shape index (κ1) is 19.0. The fourth-order valence-corrected chi connectivity index (χ4v) is 4.24. The average molecular weight is 374 g/mol. The number of hydrogen-bond acceptors (Lipinski definition) is 4. The van der Waals surface area contributed by atoms with E-state index in [1.807, 2.05) is 29.2 Å². The lowest BCUT2D eigenvalue weighted by Gasteiger charge is -2.20. The van der Waals surface area contributed by atoms with Gasteiger partial charge < -0.3 is 4.90 Å². The van der Waals surface area contributed by atoms with Crippen LogP contribution in [0.25, 0.3) is 10.9 Å². The highest BCUT2D eigenvalue weighted by Gasteiger charge is 2.18. The molecule has 1 aliphatic rings. The third-order valence-corrected chi connectivity index (χ3v) is 5.81. The van der Waals surface area contributed by atoms with Gasteiger partial charge in [0.2, 0.25) is 5.91 Å². The molecular formula is C20H27N3O2S. The lowest BCUT2D eigenvalue weighted by molar-refractivity contribution is -0.128. The molecule has 3 rings (SSSR count). The summed E-state index contributed by atoms with van der Waals surface area (Å²) in [7, 11) is 0. The number of carbonyl (C=O) groups is 1. The lowest BCUT2D eigenvalue weighted by atomic mass is 10.2. The number of hydrogen-bond donors (Lipinski definition) is 0. The highest BCUT2D eigenvalue weighted by atomic mass is 32.2. The maximum absolute atomic E-state index is 12.9. The molecule has 2 aromatic rings. The molecule has 1 aromatic heterocycles. The van der Waals surface area contributed by atoms with Crippen molar-refractivity contribution in [1.82, 2.24) is 14.5 Å². The van der Waals surface area contributed by atoms with E-state index >= 15 is 0 Å². The van der Waals surface area contributed by atoms with E-state index in [4.69, 9.17) is 0 Å². The first-order chi connectivity index (χ1) is 12.7. The van der Waals surface area contributed by atoms with Gasteiger partial charge in [-0.1, -0.05) is 50.1 Å². The van der Waals surface area contributed by atoms with Crippen LogP contribution in [0.1, 0.15) is 45.4 Å². The Morgan fingerprint density at radius 3 is 2.62 bits per heavy atom. The Morgan fingerprint density at radius 1 is 1.15 bits per heavy atom. The van der Waals surface area contributed by atoms with Crippen LogP contribution in [0.15, 0.2) is 34.2 Å². The fraction of sp³-hybridized carbons (Fsp3) is 0.550. The van der Waals surface area contributed by atoms with Crippen LogP contribution in [0.4, 0.5) is 0 Å². The monoisotopic (exact) mass is 373 g/mol. The van der Waals surface area contributed by atoms with Crippen molar-refractivity contribution in [2.75, 3.05) is 18.8 Å². The van der Waals surface area contributed by atoms with E-state index in [0.29, 0.717) is 28.4 Å². The molecule has 0 N–H and O–H groups in total. The number of thioether (sulfide) groups is 1. The van der Waals surface area contributed by atoms with Gasteiger partial charge in [-0.25, -0.2) is 4.98 Å². The number of rotatable bonds is 6. The van der Waals surface area contributed by atoms with Crippen molar-refractivity contribution in [2.45, 2.75) is 57.1 Å². The summed E-state index contributed by atoms with van der Waals surface area (Å²) in [5, 5.41) is 1.30. The van der Waals surface area contributed by atoms with Crippen LogP contribution in [-0.2, 0) is 11.3 Å². The summed E-state index contributed by atoms with van der Waals surface area (Å²) in [5.41, 5.74) is 0.698. The van der Waals surface area contributed by atoms with Crippen LogP contribution in [0.5, 0.6) is 0 Å². The summed E-state index contributed by atoms with van der Waals surface area (Å²) in [5.74, 6) is 0.498. The standard InChI is InChI=1S/C20H27N3O2S/c1-2-3-14-23-19(25)16-10-6-7-11-17(16)21-20(23)26-15-18(24)22-12-8-4-5-9-13-22/h6-7,10-11H,2-5,8-9,12-15H2,1H3. The zero-order valence-electron chi connectivity index (χ0n) is 15.4. The molecule has 1 saturated heterocycles. The number of likely N-dealkylation sites (tertiary alicyclic amines) is 1. The Balaban J connectivity index is 1.81. The van der Waals surface area contributed by atoms with Gasteiger partial charge in [0.15, 0.2) is 5.16 Å².